The van der Waals surface area contributed by atoms with Gasteiger partial charge in [-0.2, -0.15) is 5.01 Å². The molecule has 1 saturated heterocycles. The monoisotopic (exact) mass is 402 g/mol. The molecule has 2 rings (SSSR count). The topological polar surface area (TPSA) is 91.0 Å². The second-order valence-corrected chi connectivity index (χ2v) is 6.62. The molecule has 4 amide bonds. The Hall–Kier alpha value is -2.82. The first-order valence-corrected chi connectivity index (χ1v) is 8.43. The molecule has 0 saturated carbocycles. The minimum absolute atomic E-state index is 0.0213. The van der Waals surface area contributed by atoms with Crippen LogP contribution in [0.4, 0.5) is 18.0 Å². The second-order valence-electron chi connectivity index (χ2n) is 6.62. The van der Waals surface area contributed by atoms with Crippen LogP contribution in [0, 0.1) is 0 Å². The van der Waals surface area contributed by atoms with Crippen molar-refractivity contribution >= 4 is 17.8 Å². The molecule has 1 heterocycles. The number of nitrogens with zero attached hydrogens (tertiary/aromatic N) is 2. The van der Waals surface area contributed by atoms with Crippen molar-refractivity contribution in [1.82, 2.24) is 20.7 Å². The number of hydrazine groups is 1. The first kappa shape index (κ1) is 21.5. The Morgan fingerprint density at radius 3 is 2.54 bits per heavy atom. The van der Waals surface area contributed by atoms with Crippen LogP contribution in [0.1, 0.15) is 25.8 Å². The third-order valence-corrected chi connectivity index (χ3v) is 4.26. The molecule has 1 aliphatic rings. The summed E-state index contributed by atoms with van der Waals surface area (Å²) >= 11 is 0. The summed E-state index contributed by atoms with van der Waals surface area (Å²) in [5, 5.41) is 3.11. The van der Waals surface area contributed by atoms with E-state index < -0.39 is 29.7 Å². The molecule has 2 N–H and O–H groups in total. The van der Waals surface area contributed by atoms with E-state index in [0.29, 0.717) is 11.4 Å². The highest BCUT2D eigenvalue weighted by atomic mass is 19.4. The van der Waals surface area contributed by atoms with Crippen LogP contribution in [0.2, 0.25) is 0 Å². The zero-order chi connectivity index (χ0) is 21.1. The Labute approximate surface area is 159 Å². The quantitative estimate of drug-likeness (QED) is 0.679. The van der Waals surface area contributed by atoms with Crippen molar-refractivity contribution in [1.29, 1.82) is 0 Å². The molecule has 11 heteroatoms. The molecule has 8 nitrogen and oxygen atoms in total. The molecule has 1 fully saturated rings. The number of imide groups is 1. The summed E-state index contributed by atoms with van der Waals surface area (Å²) < 4.78 is 41.4. The fourth-order valence-electron chi connectivity index (χ4n) is 2.64. The van der Waals surface area contributed by atoms with E-state index in [2.05, 4.69) is 15.5 Å². The lowest BCUT2D eigenvalue weighted by Crippen LogP contribution is -2.50. The first-order chi connectivity index (χ1) is 12.9. The SMILES string of the molecule is CCC1(C)NC(=O)N(NC(=O)CN(C)Cc2ccccc2OC(F)(F)F)C1=O. The average Bonchev–Trinajstić information content (AvgIpc) is 2.79. The van der Waals surface area contributed by atoms with Crippen LogP contribution < -0.4 is 15.5 Å². The molecular formula is C17H21F3N4O4. The Morgan fingerprint density at radius 1 is 1.32 bits per heavy atom. The van der Waals surface area contributed by atoms with E-state index in [1.54, 1.807) is 19.9 Å². The highest BCUT2D eigenvalue weighted by Gasteiger charge is 2.47. The van der Waals surface area contributed by atoms with Crippen molar-refractivity contribution in [2.45, 2.75) is 38.7 Å². The van der Waals surface area contributed by atoms with E-state index >= 15 is 0 Å². The molecular weight excluding hydrogens is 381 g/mol. The number of hydrogen-bond acceptors (Lipinski definition) is 5. The number of halogens is 3. The van der Waals surface area contributed by atoms with Gasteiger partial charge in [0, 0.05) is 12.1 Å². The highest BCUT2D eigenvalue weighted by Crippen LogP contribution is 2.27. The second kappa shape index (κ2) is 8.05. The molecule has 1 aromatic carbocycles. The maximum absolute atomic E-state index is 12.5. The molecule has 1 aromatic rings. The smallest absolute Gasteiger partial charge is 0.405 e. The summed E-state index contributed by atoms with van der Waals surface area (Å²) in [6.45, 7) is 2.98. The van der Waals surface area contributed by atoms with Gasteiger partial charge in [0.1, 0.15) is 11.3 Å². The van der Waals surface area contributed by atoms with Crippen LogP contribution in [0.3, 0.4) is 0 Å². The summed E-state index contributed by atoms with van der Waals surface area (Å²) in [5.41, 5.74) is 1.35. The number of carbonyl (C=O) groups excluding carboxylic acids is 3. The van der Waals surface area contributed by atoms with Gasteiger partial charge in [0.25, 0.3) is 11.8 Å². The third kappa shape index (κ3) is 5.12. The van der Waals surface area contributed by atoms with Gasteiger partial charge in [-0.05, 0) is 26.5 Å². The van der Waals surface area contributed by atoms with Gasteiger partial charge in [0.15, 0.2) is 0 Å². The fourth-order valence-corrected chi connectivity index (χ4v) is 2.64. The maximum Gasteiger partial charge on any atom is 0.573 e. The lowest BCUT2D eigenvalue weighted by molar-refractivity contribution is -0.275. The van der Waals surface area contributed by atoms with E-state index in [1.165, 1.54) is 30.1 Å². The number of alkyl halides is 3. The van der Waals surface area contributed by atoms with E-state index in [4.69, 9.17) is 0 Å². The number of amides is 4. The van der Waals surface area contributed by atoms with Gasteiger partial charge in [-0.15, -0.1) is 13.2 Å². The number of carbonyl (C=O) groups is 3. The lowest BCUT2D eigenvalue weighted by atomic mass is 10.00. The van der Waals surface area contributed by atoms with Crippen molar-refractivity contribution in [2.75, 3.05) is 13.6 Å². The van der Waals surface area contributed by atoms with Gasteiger partial charge >= 0.3 is 12.4 Å². The Bertz CT molecular complexity index is 771. The number of nitrogens with one attached hydrogen (secondary N) is 2. The van der Waals surface area contributed by atoms with Gasteiger partial charge in [-0.3, -0.25) is 19.9 Å². The minimum atomic E-state index is -4.83. The summed E-state index contributed by atoms with van der Waals surface area (Å²) in [6, 6.07) is 4.83. The average molecular weight is 402 g/mol. The third-order valence-electron chi connectivity index (χ3n) is 4.26. The van der Waals surface area contributed by atoms with Crippen LogP contribution >= 0.6 is 0 Å². The van der Waals surface area contributed by atoms with E-state index in [9.17, 15) is 27.6 Å². The predicted octanol–water partition coefficient (Wildman–Crippen LogP) is 1.77. The van der Waals surface area contributed by atoms with Crippen molar-refractivity contribution < 1.29 is 32.3 Å². The van der Waals surface area contributed by atoms with Gasteiger partial charge < -0.3 is 10.1 Å². The van der Waals surface area contributed by atoms with Crippen LogP contribution in [0.25, 0.3) is 0 Å². The number of hydrogen-bond donors (Lipinski definition) is 2. The minimum Gasteiger partial charge on any atom is -0.405 e. The van der Waals surface area contributed by atoms with Crippen molar-refractivity contribution in [3.05, 3.63) is 29.8 Å². The summed E-state index contributed by atoms with van der Waals surface area (Å²) in [6.07, 6.45) is -4.48. The van der Waals surface area contributed by atoms with Crippen LogP contribution in [-0.2, 0) is 16.1 Å². The van der Waals surface area contributed by atoms with Crippen LogP contribution in [0.5, 0.6) is 5.75 Å². The number of benzene rings is 1. The van der Waals surface area contributed by atoms with Gasteiger partial charge in [0.05, 0.1) is 6.54 Å². The number of ether oxygens (including phenoxy) is 1. The predicted molar refractivity (Wildman–Crippen MR) is 91.7 cm³/mol. The first-order valence-electron chi connectivity index (χ1n) is 8.43. The zero-order valence-electron chi connectivity index (χ0n) is 15.6. The van der Waals surface area contributed by atoms with E-state index in [0.717, 1.165) is 0 Å². The molecule has 0 radical (unpaired) electrons. The molecule has 0 aliphatic carbocycles. The molecule has 1 atom stereocenters. The Morgan fingerprint density at radius 2 is 1.96 bits per heavy atom. The molecule has 154 valence electrons. The standard InChI is InChI=1S/C17H21F3N4O4/c1-4-16(2)14(26)24(15(27)21-16)22-13(25)10-23(3)9-11-7-5-6-8-12(11)28-17(18,19)20/h5-8H,4,9-10H2,1-3H3,(H,21,27)(H,22,25). The normalized spacial score (nSPS) is 19.8. The summed E-state index contributed by atoms with van der Waals surface area (Å²) in [4.78, 5) is 37.7. The van der Waals surface area contributed by atoms with Crippen LogP contribution in [0.15, 0.2) is 24.3 Å². The molecule has 1 aliphatic heterocycles. The highest BCUT2D eigenvalue weighted by molar-refractivity contribution is 6.07. The molecule has 1 unspecified atom stereocenters. The van der Waals surface area contributed by atoms with Crippen molar-refractivity contribution in [3.8, 4) is 5.75 Å². The zero-order valence-corrected chi connectivity index (χ0v) is 15.6. The molecule has 0 aromatic heterocycles. The Balaban J connectivity index is 1.97. The van der Waals surface area contributed by atoms with Crippen molar-refractivity contribution in [2.24, 2.45) is 0 Å². The van der Waals surface area contributed by atoms with E-state index in [1.807, 2.05) is 0 Å². The number of urea groups is 1. The number of likely N-dealkylation sites (N-methyl/N-ethyl adjacent to an activating group) is 1. The molecule has 28 heavy (non-hydrogen) atoms. The molecule has 0 spiro atoms. The number of rotatable bonds is 7. The number of para-hydroxylation sites is 1. The van der Waals surface area contributed by atoms with Gasteiger partial charge in [0.2, 0.25) is 0 Å². The van der Waals surface area contributed by atoms with Gasteiger partial charge in [-0.1, -0.05) is 25.1 Å². The van der Waals surface area contributed by atoms with Crippen molar-refractivity contribution in [3.63, 3.8) is 0 Å². The molecule has 0 bridgehead atoms. The maximum atomic E-state index is 12.5. The Kier molecular flexibility index (Phi) is 6.17. The summed E-state index contributed by atoms with van der Waals surface area (Å²) in [5.74, 6) is -1.62. The fraction of sp³-hybridized carbons (Fsp3) is 0.471. The van der Waals surface area contributed by atoms with Crippen LogP contribution in [-0.4, -0.2) is 53.2 Å². The van der Waals surface area contributed by atoms with Gasteiger partial charge in [-0.25, -0.2) is 4.79 Å². The van der Waals surface area contributed by atoms with E-state index in [-0.39, 0.29) is 24.4 Å². The summed E-state index contributed by atoms with van der Waals surface area (Å²) in [7, 11) is 1.51. The largest absolute Gasteiger partial charge is 0.573 e. The lowest BCUT2D eigenvalue weighted by Gasteiger charge is -2.21.